The molecule has 0 N–H and O–H groups in total. The van der Waals surface area contributed by atoms with Gasteiger partial charge in [0.25, 0.3) is 5.91 Å². The molecule has 0 saturated carbocycles. The van der Waals surface area contributed by atoms with Gasteiger partial charge in [0.15, 0.2) is 6.10 Å². The fourth-order valence-corrected chi connectivity index (χ4v) is 4.21. The maximum Gasteiger partial charge on any atom is 0.266 e. The molecule has 2 amide bonds. The van der Waals surface area contributed by atoms with Crippen LogP contribution in [0.5, 0.6) is 5.75 Å². The Morgan fingerprint density at radius 1 is 0.800 bits per heavy atom. The Bertz CT molecular complexity index is 1090. The first-order valence-corrected chi connectivity index (χ1v) is 9.77. The summed E-state index contributed by atoms with van der Waals surface area (Å²) in [6.07, 6.45) is -0.880. The molecule has 2 fully saturated rings. The van der Waals surface area contributed by atoms with Crippen LogP contribution in [-0.2, 0) is 14.4 Å². The summed E-state index contributed by atoms with van der Waals surface area (Å²) in [6.45, 7) is 0. The monoisotopic (exact) mass is 400 g/mol. The average molecular weight is 400 g/mol. The molecule has 0 aromatic heterocycles. The van der Waals surface area contributed by atoms with Gasteiger partial charge < -0.3 is 4.74 Å². The van der Waals surface area contributed by atoms with E-state index in [2.05, 4.69) is 0 Å². The minimum atomic E-state index is -0.880. The molecule has 5 rings (SSSR count). The number of hydrogen-bond acceptors (Lipinski definition) is 5. The van der Waals surface area contributed by atoms with E-state index >= 15 is 0 Å². The topological polar surface area (TPSA) is 59.1 Å². The van der Waals surface area contributed by atoms with E-state index in [1.807, 2.05) is 60.7 Å². The van der Waals surface area contributed by atoms with Crippen molar-refractivity contribution >= 4 is 23.2 Å². The summed E-state index contributed by atoms with van der Waals surface area (Å²) >= 11 is 0. The zero-order valence-corrected chi connectivity index (χ0v) is 16.3. The smallest absolute Gasteiger partial charge is 0.266 e. The molecule has 3 aromatic rings. The Morgan fingerprint density at radius 2 is 1.47 bits per heavy atom. The van der Waals surface area contributed by atoms with E-state index in [-0.39, 0.29) is 11.8 Å². The number of rotatable bonds is 4. The molecule has 2 aliphatic rings. The van der Waals surface area contributed by atoms with E-state index in [1.165, 1.54) is 4.90 Å². The molecule has 2 heterocycles. The normalized spacial score (nSPS) is 23.0. The average Bonchev–Trinajstić information content (AvgIpc) is 3.31. The van der Waals surface area contributed by atoms with Crippen molar-refractivity contribution in [3.8, 4) is 5.75 Å². The van der Waals surface area contributed by atoms with Gasteiger partial charge in [-0.3, -0.25) is 14.4 Å². The molecule has 2 saturated heterocycles. The number of imide groups is 1. The second-order valence-electron chi connectivity index (χ2n) is 7.28. The number of fused-ring (bicyclic) bond motifs is 1. The van der Waals surface area contributed by atoms with Crippen molar-refractivity contribution in [2.75, 3.05) is 17.1 Å². The number of hydroxylamine groups is 1. The van der Waals surface area contributed by atoms with Crippen molar-refractivity contribution < 1.29 is 19.2 Å². The molecular weight excluding hydrogens is 380 g/mol. The second-order valence-corrected chi connectivity index (χ2v) is 7.28. The molecule has 150 valence electrons. The van der Waals surface area contributed by atoms with Crippen LogP contribution in [0.25, 0.3) is 0 Å². The number of ether oxygens (including phenoxy) is 1. The fourth-order valence-electron chi connectivity index (χ4n) is 4.21. The summed E-state index contributed by atoms with van der Waals surface area (Å²) in [6, 6.07) is 25.8. The van der Waals surface area contributed by atoms with Gasteiger partial charge in [0.1, 0.15) is 11.7 Å². The van der Waals surface area contributed by atoms with Gasteiger partial charge in [-0.2, -0.15) is 0 Å². The molecule has 0 spiro atoms. The van der Waals surface area contributed by atoms with Crippen LogP contribution < -0.4 is 14.7 Å². The number of methoxy groups -OCH3 is 1. The van der Waals surface area contributed by atoms with Crippen molar-refractivity contribution in [3.05, 3.63) is 90.5 Å². The minimum Gasteiger partial charge on any atom is -0.497 e. The molecule has 6 heteroatoms. The number of nitrogens with zero attached hydrogens (tertiary/aromatic N) is 2. The Kier molecular flexibility index (Phi) is 4.48. The van der Waals surface area contributed by atoms with Crippen LogP contribution in [0.1, 0.15) is 11.6 Å². The van der Waals surface area contributed by atoms with Crippen LogP contribution >= 0.6 is 0 Å². The van der Waals surface area contributed by atoms with E-state index in [1.54, 1.807) is 36.4 Å². The van der Waals surface area contributed by atoms with Gasteiger partial charge in [0.05, 0.1) is 24.5 Å². The summed E-state index contributed by atoms with van der Waals surface area (Å²) in [5.74, 6) is -0.703. The molecule has 3 atom stereocenters. The Balaban J connectivity index is 1.57. The van der Waals surface area contributed by atoms with E-state index < -0.39 is 18.1 Å². The number of benzene rings is 3. The molecule has 6 nitrogen and oxygen atoms in total. The Morgan fingerprint density at radius 3 is 2.17 bits per heavy atom. The predicted octanol–water partition coefficient (Wildman–Crippen LogP) is 3.75. The number of anilines is 2. The number of carbonyl (C=O) groups excluding carboxylic acids is 2. The van der Waals surface area contributed by atoms with Crippen LogP contribution in [0.4, 0.5) is 11.4 Å². The molecule has 0 radical (unpaired) electrons. The van der Waals surface area contributed by atoms with Crippen molar-refractivity contribution in [2.45, 2.75) is 12.1 Å². The summed E-state index contributed by atoms with van der Waals surface area (Å²) in [5.41, 5.74) is 2.21. The number of hydrogen-bond donors (Lipinski definition) is 0. The SMILES string of the molecule is COc1cccc(N2C(=O)C3ON(c4ccccc4)C(c4ccccc4)C3C2=O)c1. The molecule has 3 aromatic carbocycles. The first-order chi connectivity index (χ1) is 14.7. The third-order valence-electron chi connectivity index (χ3n) is 5.58. The number of carbonyl (C=O) groups is 2. The van der Waals surface area contributed by atoms with E-state index in [9.17, 15) is 9.59 Å². The lowest BCUT2D eigenvalue weighted by Crippen LogP contribution is -2.37. The molecular formula is C24H20N2O4. The van der Waals surface area contributed by atoms with Gasteiger partial charge in [0, 0.05) is 6.07 Å². The maximum atomic E-state index is 13.5. The van der Waals surface area contributed by atoms with Gasteiger partial charge in [-0.25, -0.2) is 9.96 Å². The molecule has 0 aliphatic carbocycles. The van der Waals surface area contributed by atoms with Crippen molar-refractivity contribution in [2.24, 2.45) is 5.92 Å². The van der Waals surface area contributed by atoms with E-state index in [0.717, 1.165) is 11.3 Å². The molecule has 3 unspecified atom stereocenters. The van der Waals surface area contributed by atoms with Gasteiger partial charge in [0.2, 0.25) is 5.91 Å². The van der Waals surface area contributed by atoms with Crippen LogP contribution in [0.3, 0.4) is 0 Å². The minimum absolute atomic E-state index is 0.273. The number of amides is 2. The maximum absolute atomic E-state index is 13.5. The largest absolute Gasteiger partial charge is 0.497 e. The molecule has 2 aliphatic heterocycles. The van der Waals surface area contributed by atoms with Crippen molar-refractivity contribution in [1.29, 1.82) is 0 Å². The van der Waals surface area contributed by atoms with Crippen LogP contribution in [0, 0.1) is 5.92 Å². The summed E-state index contributed by atoms with van der Waals surface area (Å²) < 4.78 is 5.26. The first-order valence-electron chi connectivity index (χ1n) is 9.77. The highest BCUT2D eigenvalue weighted by Crippen LogP contribution is 2.47. The van der Waals surface area contributed by atoms with Crippen LogP contribution in [0.15, 0.2) is 84.9 Å². The lowest BCUT2D eigenvalue weighted by atomic mass is 9.90. The summed E-state index contributed by atoms with van der Waals surface area (Å²) in [7, 11) is 1.55. The molecule has 0 bridgehead atoms. The summed E-state index contributed by atoms with van der Waals surface area (Å²) in [4.78, 5) is 34.1. The Hall–Kier alpha value is -3.64. The predicted molar refractivity (Wildman–Crippen MR) is 112 cm³/mol. The van der Waals surface area contributed by atoms with Gasteiger partial charge in [-0.05, 0) is 29.8 Å². The fraction of sp³-hybridized carbons (Fsp3) is 0.167. The van der Waals surface area contributed by atoms with Gasteiger partial charge in [-0.1, -0.05) is 54.6 Å². The Labute approximate surface area is 174 Å². The second kappa shape index (κ2) is 7.31. The first kappa shape index (κ1) is 18.4. The highest BCUT2D eigenvalue weighted by atomic mass is 16.7. The van der Waals surface area contributed by atoms with Gasteiger partial charge in [-0.15, -0.1) is 0 Å². The zero-order valence-electron chi connectivity index (χ0n) is 16.3. The number of para-hydroxylation sites is 1. The van der Waals surface area contributed by atoms with Crippen LogP contribution in [0.2, 0.25) is 0 Å². The van der Waals surface area contributed by atoms with E-state index in [0.29, 0.717) is 11.4 Å². The lowest BCUT2D eigenvalue weighted by Gasteiger charge is -2.28. The van der Waals surface area contributed by atoms with Gasteiger partial charge >= 0.3 is 0 Å². The zero-order chi connectivity index (χ0) is 20.7. The lowest BCUT2D eigenvalue weighted by molar-refractivity contribution is -0.126. The van der Waals surface area contributed by atoms with Crippen LogP contribution in [-0.4, -0.2) is 25.0 Å². The standard InChI is InChI=1S/C24H20N2O4/c1-29-19-14-8-13-18(15-19)25-23(27)20-21(16-9-4-2-5-10-16)26(30-22(20)24(25)28)17-11-6-3-7-12-17/h2-15,20-22H,1H3. The highest BCUT2D eigenvalue weighted by molar-refractivity contribution is 6.24. The van der Waals surface area contributed by atoms with Crippen molar-refractivity contribution in [1.82, 2.24) is 0 Å². The molecule has 30 heavy (non-hydrogen) atoms. The van der Waals surface area contributed by atoms with E-state index in [4.69, 9.17) is 9.57 Å². The summed E-state index contributed by atoms with van der Waals surface area (Å²) in [5, 5.41) is 1.70. The van der Waals surface area contributed by atoms with Crippen molar-refractivity contribution in [3.63, 3.8) is 0 Å². The quantitative estimate of drug-likeness (QED) is 0.625. The third kappa shape index (κ3) is 2.84. The third-order valence-corrected chi connectivity index (χ3v) is 5.58. The highest BCUT2D eigenvalue weighted by Gasteiger charge is 2.60.